The van der Waals surface area contributed by atoms with Crippen LogP contribution >= 0.6 is 11.5 Å². The Morgan fingerprint density at radius 3 is 2.86 bits per heavy atom. The van der Waals surface area contributed by atoms with Crippen molar-refractivity contribution in [3.8, 4) is 0 Å². The van der Waals surface area contributed by atoms with Gasteiger partial charge in [0.15, 0.2) is 0 Å². The van der Waals surface area contributed by atoms with Gasteiger partial charge in [-0.1, -0.05) is 17.8 Å². The number of halogens is 1. The molecule has 0 fully saturated rings. The second-order valence-corrected chi connectivity index (χ2v) is 5.00. The number of anilines is 1. The van der Waals surface area contributed by atoms with Crippen LogP contribution in [0.1, 0.15) is 39.1 Å². The number of hydrogen-bond acceptors (Lipinski definition) is 5. The van der Waals surface area contributed by atoms with Gasteiger partial charge in [0, 0.05) is 0 Å². The number of amides is 1. The number of aryl methyl sites for hydroxylation is 1. The fourth-order valence-corrected chi connectivity index (χ4v) is 2.37. The van der Waals surface area contributed by atoms with E-state index in [-0.39, 0.29) is 11.3 Å². The van der Waals surface area contributed by atoms with Crippen LogP contribution in [0.5, 0.6) is 0 Å². The van der Waals surface area contributed by atoms with Crippen molar-refractivity contribution in [2.24, 2.45) is 0 Å². The van der Waals surface area contributed by atoms with E-state index in [1.54, 1.807) is 0 Å². The summed E-state index contributed by atoms with van der Waals surface area (Å²) in [5.41, 5.74) is 0.274. The molecule has 1 aromatic carbocycles. The molecule has 0 bridgehead atoms. The van der Waals surface area contributed by atoms with E-state index in [0.717, 1.165) is 36.2 Å². The largest absolute Gasteiger partial charge is 0.478 e. The Hall–Kier alpha value is -2.35. The second-order valence-electron chi connectivity index (χ2n) is 4.25. The van der Waals surface area contributed by atoms with Gasteiger partial charge >= 0.3 is 5.97 Å². The molecular formula is C13H12FN3O3S. The Kier molecular flexibility index (Phi) is 4.59. The van der Waals surface area contributed by atoms with Crippen LogP contribution in [0.2, 0.25) is 0 Å². The van der Waals surface area contributed by atoms with Gasteiger partial charge in [0.25, 0.3) is 5.91 Å². The summed E-state index contributed by atoms with van der Waals surface area (Å²) in [7, 11) is 0. The van der Waals surface area contributed by atoms with Gasteiger partial charge in [0.2, 0.25) is 0 Å². The van der Waals surface area contributed by atoms with E-state index >= 15 is 0 Å². The maximum atomic E-state index is 13.2. The standard InChI is InChI=1S/C13H12FN3O3S/c1-2-3-9-11(21-17-16-9)12(18)15-10-6-7(14)4-5-8(10)13(19)20/h4-6H,2-3H2,1H3,(H,15,18)(H,19,20). The van der Waals surface area contributed by atoms with Crippen LogP contribution in [0.25, 0.3) is 0 Å². The third-order valence-electron chi connectivity index (χ3n) is 2.71. The van der Waals surface area contributed by atoms with Crippen LogP contribution in [0, 0.1) is 5.82 Å². The Morgan fingerprint density at radius 1 is 1.43 bits per heavy atom. The topological polar surface area (TPSA) is 92.2 Å². The molecule has 0 saturated heterocycles. The van der Waals surface area contributed by atoms with Crippen molar-refractivity contribution in [2.45, 2.75) is 19.8 Å². The number of rotatable bonds is 5. The van der Waals surface area contributed by atoms with Crippen molar-refractivity contribution >= 4 is 29.1 Å². The molecule has 1 aromatic heterocycles. The SMILES string of the molecule is CCCc1nnsc1C(=O)Nc1cc(F)ccc1C(=O)O. The first kappa shape index (κ1) is 15.0. The average Bonchev–Trinajstić information content (AvgIpc) is 2.87. The third-order valence-corrected chi connectivity index (χ3v) is 3.48. The monoisotopic (exact) mass is 309 g/mol. The molecule has 2 aromatic rings. The molecule has 8 heteroatoms. The number of nitrogens with zero attached hydrogens (tertiary/aromatic N) is 2. The maximum Gasteiger partial charge on any atom is 0.337 e. The molecule has 21 heavy (non-hydrogen) atoms. The molecule has 0 atom stereocenters. The highest BCUT2D eigenvalue weighted by atomic mass is 32.1. The number of carboxylic acids is 1. The highest BCUT2D eigenvalue weighted by Crippen LogP contribution is 2.20. The van der Waals surface area contributed by atoms with Crippen LogP contribution in [0.3, 0.4) is 0 Å². The summed E-state index contributed by atoms with van der Waals surface area (Å²) in [4.78, 5) is 23.5. The van der Waals surface area contributed by atoms with Gasteiger partial charge in [0.1, 0.15) is 10.7 Å². The number of carboxylic acid groups (broad SMARTS) is 1. The summed E-state index contributed by atoms with van der Waals surface area (Å²) in [5.74, 6) is -2.42. The van der Waals surface area contributed by atoms with Crippen molar-refractivity contribution in [2.75, 3.05) is 5.32 Å². The molecule has 0 aliphatic rings. The van der Waals surface area contributed by atoms with Gasteiger partial charge in [-0.15, -0.1) is 5.10 Å². The fraction of sp³-hybridized carbons (Fsp3) is 0.231. The number of benzene rings is 1. The zero-order valence-electron chi connectivity index (χ0n) is 11.1. The first-order valence-corrected chi connectivity index (χ1v) is 6.95. The van der Waals surface area contributed by atoms with E-state index in [2.05, 4.69) is 14.9 Å². The quantitative estimate of drug-likeness (QED) is 0.885. The van der Waals surface area contributed by atoms with Gasteiger partial charge in [-0.05, 0) is 36.2 Å². The van der Waals surface area contributed by atoms with Crippen LogP contribution in [-0.4, -0.2) is 26.6 Å². The lowest BCUT2D eigenvalue weighted by Gasteiger charge is -2.08. The van der Waals surface area contributed by atoms with Crippen molar-refractivity contribution in [1.82, 2.24) is 9.59 Å². The average molecular weight is 309 g/mol. The zero-order chi connectivity index (χ0) is 15.4. The van der Waals surface area contributed by atoms with Crippen LogP contribution in [0.15, 0.2) is 18.2 Å². The molecule has 1 amide bonds. The van der Waals surface area contributed by atoms with E-state index < -0.39 is 17.7 Å². The van der Waals surface area contributed by atoms with Crippen molar-refractivity contribution in [3.05, 3.63) is 40.2 Å². The fourth-order valence-electron chi connectivity index (χ4n) is 1.77. The lowest BCUT2D eigenvalue weighted by molar-refractivity contribution is 0.0698. The number of carbonyl (C=O) groups excluding carboxylic acids is 1. The van der Waals surface area contributed by atoms with Crippen LogP contribution in [-0.2, 0) is 6.42 Å². The summed E-state index contributed by atoms with van der Waals surface area (Å²) < 4.78 is 17.0. The summed E-state index contributed by atoms with van der Waals surface area (Å²) >= 11 is 0.921. The first-order valence-electron chi connectivity index (χ1n) is 6.18. The van der Waals surface area contributed by atoms with Gasteiger partial charge < -0.3 is 10.4 Å². The molecule has 0 aliphatic carbocycles. The Bertz CT molecular complexity index is 687. The summed E-state index contributed by atoms with van der Waals surface area (Å²) in [6.07, 6.45) is 1.39. The highest BCUT2D eigenvalue weighted by molar-refractivity contribution is 7.08. The highest BCUT2D eigenvalue weighted by Gasteiger charge is 2.19. The molecule has 2 rings (SSSR count). The summed E-state index contributed by atoms with van der Waals surface area (Å²) in [6.45, 7) is 1.94. The van der Waals surface area contributed by atoms with E-state index in [9.17, 15) is 14.0 Å². The normalized spacial score (nSPS) is 10.4. The molecule has 0 spiro atoms. The molecule has 2 N–H and O–H groups in total. The number of carbonyl (C=O) groups is 2. The first-order chi connectivity index (χ1) is 10.0. The summed E-state index contributed by atoms with van der Waals surface area (Å²) in [6, 6.07) is 3.09. The predicted molar refractivity (Wildman–Crippen MR) is 75.2 cm³/mol. The third kappa shape index (κ3) is 3.40. The van der Waals surface area contributed by atoms with Crippen LogP contribution in [0.4, 0.5) is 10.1 Å². The Labute approximate surface area is 123 Å². The number of aromatic nitrogens is 2. The molecular weight excluding hydrogens is 297 g/mol. The van der Waals surface area contributed by atoms with Crippen molar-refractivity contribution in [3.63, 3.8) is 0 Å². The zero-order valence-corrected chi connectivity index (χ0v) is 11.9. The van der Waals surface area contributed by atoms with Gasteiger partial charge in [0.05, 0.1) is 16.9 Å². The number of nitrogens with one attached hydrogen (secondary N) is 1. The van der Waals surface area contributed by atoms with E-state index in [1.165, 1.54) is 0 Å². The minimum Gasteiger partial charge on any atom is -0.478 e. The smallest absolute Gasteiger partial charge is 0.337 e. The van der Waals surface area contributed by atoms with Gasteiger partial charge in [-0.3, -0.25) is 4.79 Å². The van der Waals surface area contributed by atoms with E-state index in [0.29, 0.717) is 17.0 Å². The Balaban J connectivity index is 2.29. The number of hydrogen-bond donors (Lipinski definition) is 2. The molecule has 110 valence electrons. The lowest BCUT2D eigenvalue weighted by Crippen LogP contribution is -2.15. The van der Waals surface area contributed by atoms with Crippen molar-refractivity contribution in [1.29, 1.82) is 0 Å². The van der Waals surface area contributed by atoms with Gasteiger partial charge in [-0.25, -0.2) is 9.18 Å². The molecule has 6 nitrogen and oxygen atoms in total. The minimum atomic E-state index is -1.25. The van der Waals surface area contributed by atoms with E-state index in [4.69, 9.17) is 5.11 Å². The van der Waals surface area contributed by atoms with Crippen molar-refractivity contribution < 1.29 is 19.1 Å². The Morgan fingerprint density at radius 2 is 2.19 bits per heavy atom. The molecule has 0 aliphatic heterocycles. The molecule has 0 saturated carbocycles. The second kappa shape index (κ2) is 6.40. The predicted octanol–water partition coefficient (Wildman–Crippen LogP) is 2.58. The van der Waals surface area contributed by atoms with Crippen LogP contribution < -0.4 is 5.32 Å². The maximum absolute atomic E-state index is 13.2. The molecule has 0 unspecified atom stereocenters. The molecule has 0 radical (unpaired) electrons. The number of aromatic carboxylic acids is 1. The lowest BCUT2D eigenvalue weighted by atomic mass is 10.1. The molecule has 1 heterocycles. The van der Waals surface area contributed by atoms with E-state index in [1.807, 2.05) is 6.92 Å². The minimum absolute atomic E-state index is 0.0941. The summed E-state index contributed by atoms with van der Waals surface area (Å²) in [5, 5.41) is 15.3. The van der Waals surface area contributed by atoms with Gasteiger partial charge in [-0.2, -0.15) is 0 Å².